The number of urea groups is 1. The summed E-state index contributed by atoms with van der Waals surface area (Å²) in [4.78, 5) is 27.4. The van der Waals surface area contributed by atoms with Crippen molar-refractivity contribution in [1.29, 1.82) is 0 Å². The fraction of sp³-hybridized carbons (Fsp3) is 0.240. The number of ether oxygens (including phenoxy) is 1. The van der Waals surface area contributed by atoms with Crippen molar-refractivity contribution in [2.45, 2.75) is 39.8 Å². The smallest absolute Gasteiger partial charge is 0.417 e. The molecule has 10 heteroatoms. The van der Waals surface area contributed by atoms with E-state index in [4.69, 9.17) is 16.3 Å². The first-order valence-electron chi connectivity index (χ1n) is 10.7. The zero-order valence-corrected chi connectivity index (χ0v) is 20.1. The van der Waals surface area contributed by atoms with Gasteiger partial charge in [0.15, 0.2) is 5.78 Å². The normalized spacial score (nSPS) is 10.6. The molecular weight excluding hydrogens is 483 g/mol. The number of anilines is 2. The zero-order chi connectivity index (χ0) is 26.0. The summed E-state index contributed by atoms with van der Waals surface area (Å²) in [5.74, 6) is 0.667. The highest BCUT2D eigenvalue weighted by Crippen LogP contribution is 2.36. The summed E-state index contributed by atoms with van der Waals surface area (Å²) in [6, 6.07) is 11.7. The molecule has 1 aromatic heterocycles. The molecule has 2 N–H and O–H groups in total. The minimum Gasteiger partial charge on any atom is -0.457 e. The summed E-state index contributed by atoms with van der Waals surface area (Å²) in [6.07, 6.45) is -0.547. The number of halogens is 4. The second-order valence-electron chi connectivity index (χ2n) is 7.33. The number of unbranched alkanes of at least 4 members (excludes halogenated alkanes) is 1. The topological polar surface area (TPSA) is 80.3 Å². The Morgan fingerprint density at radius 1 is 0.914 bits per heavy atom. The lowest BCUT2D eigenvalue weighted by atomic mass is 10.2. The Morgan fingerprint density at radius 3 is 2.09 bits per heavy atom. The van der Waals surface area contributed by atoms with Gasteiger partial charge >= 0.3 is 12.2 Å². The number of nitrogens with one attached hydrogen (secondary N) is 2. The van der Waals surface area contributed by atoms with Crippen LogP contribution in [-0.4, -0.2) is 16.8 Å². The molecule has 35 heavy (non-hydrogen) atoms. The van der Waals surface area contributed by atoms with Crippen LogP contribution in [0, 0.1) is 0 Å². The van der Waals surface area contributed by atoms with Crippen molar-refractivity contribution in [3.05, 3.63) is 77.1 Å². The number of pyridine rings is 1. The van der Waals surface area contributed by atoms with E-state index in [0.717, 1.165) is 12.1 Å². The van der Waals surface area contributed by atoms with Crippen molar-refractivity contribution in [3.8, 4) is 11.5 Å². The van der Waals surface area contributed by atoms with Crippen LogP contribution >= 0.6 is 11.6 Å². The molecule has 0 aliphatic rings. The lowest BCUT2D eigenvalue weighted by Gasteiger charge is -2.12. The molecule has 0 atom stereocenters. The Morgan fingerprint density at radius 2 is 1.51 bits per heavy atom. The first kappa shape index (κ1) is 27.7. The molecule has 0 saturated carbocycles. The molecule has 0 fully saturated rings. The van der Waals surface area contributed by atoms with Gasteiger partial charge in [-0.3, -0.25) is 9.78 Å². The average Bonchev–Trinajstić information content (AvgIpc) is 2.81. The van der Waals surface area contributed by atoms with Crippen molar-refractivity contribution >= 4 is 34.8 Å². The van der Waals surface area contributed by atoms with Gasteiger partial charge in [0.25, 0.3) is 0 Å². The Balaban J connectivity index is 0.00000100. The number of carbonyl (C=O) groups is 2. The molecule has 0 saturated heterocycles. The van der Waals surface area contributed by atoms with Crippen molar-refractivity contribution in [3.63, 3.8) is 0 Å². The van der Waals surface area contributed by atoms with Gasteiger partial charge in [0.05, 0.1) is 10.6 Å². The van der Waals surface area contributed by atoms with E-state index in [1.807, 2.05) is 0 Å². The van der Waals surface area contributed by atoms with E-state index < -0.39 is 22.8 Å². The number of Topliss-reactive ketones (excluding diaryl/α,β-unsaturated/α-hetero) is 1. The summed E-state index contributed by atoms with van der Waals surface area (Å²) in [6.45, 7) is 5.76. The summed E-state index contributed by atoms with van der Waals surface area (Å²) < 4.78 is 44.4. The van der Waals surface area contributed by atoms with Crippen molar-refractivity contribution in [2.24, 2.45) is 0 Å². The average molecular weight is 508 g/mol. The Bertz CT molecular complexity index is 1150. The molecule has 0 radical (unpaired) electrons. The van der Waals surface area contributed by atoms with Crippen molar-refractivity contribution < 1.29 is 27.5 Å². The molecule has 186 valence electrons. The second-order valence-corrected chi connectivity index (χ2v) is 7.74. The number of rotatable bonds is 6. The molecule has 3 aromatic rings. The predicted octanol–water partition coefficient (Wildman–Crippen LogP) is 8.20. The second kappa shape index (κ2) is 12.8. The van der Waals surface area contributed by atoms with Gasteiger partial charge in [-0.1, -0.05) is 38.3 Å². The van der Waals surface area contributed by atoms with Gasteiger partial charge in [-0.05, 0) is 48.5 Å². The van der Waals surface area contributed by atoms with E-state index in [0.29, 0.717) is 17.2 Å². The van der Waals surface area contributed by atoms with Gasteiger partial charge in [0.2, 0.25) is 0 Å². The lowest BCUT2D eigenvalue weighted by molar-refractivity contribution is -0.137. The third kappa shape index (κ3) is 8.94. The monoisotopic (exact) mass is 507 g/mol. The Labute approximate surface area is 206 Å². The first-order chi connectivity index (χ1) is 16.5. The number of hydrogen-bond acceptors (Lipinski definition) is 4. The molecule has 3 rings (SSSR count). The molecule has 2 amide bonds. The Hall–Kier alpha value is -3.59. The zero-order valence-electron chi connectivity index (χ0n) is 19.4. The maximum Gasteiger partial charge on any atom is 0.417 e. The van der Waals surface area contributed by atoms with Crippen LogP contribution in [-0.2, 0) is 6.18 Å². The number of ketones is 1. The summed E-state index contributed by atoms with van der Waals surface area (Å²) >= 11 is 5.56. The van der Waals surface area contributed by atoms with Gasteiger partial charge in [0, 0.05) is 30.6 Å². The maximum absolute atomic E-state index is 12.9. The summed E-state index contributed by atoms with van der Waals surface area (Å²) in [5, 5.41) is 4.37. The highest BCUT2D eigenvalue weighted by molar-refractivity contribution is 6.31. The molecule has 1 heterocycles. The number of amides is 2. The van der Waals surface area contributed by atoms with E-state index in [1.54, 1.807) is 30.3 Å². The number of benzene rings is 2. The van der Waals surface area contributed by atoms with E-state index in [-0.39, 0.29) is 17.2 Å². The minimum atomic E-state index is -4.64. The van der Waals surface area contributed by atoms with Crippen LogP contribution in [0.4, 0.5) is 29.3 Å². The number of carbonyl (C=O) groups excluding carboxylic acids is 2. The van der Waals surface area contributed by atoms with Gasteiger partial charge in [-0.2, -0.15) is 13.2 Å². The first-order valence-corrected chi connectivity index (χ1v) is 11.1. The minimum absolute atomic E-state index is 0.0619. The van der Waals surface area contributed by atoms with Crippen molar-refractivity contribution in [2.75, 3.05) is 10.6 Å². The van der Waals surface area contributed by atoms with Crippen LogP contribution < -0.4 is 15.4 Å². The largest absolute Gasteiger partial charge is 0.457 e. The quantitative estimate of drug-likeness (QED) is 0.329. The predicted molar refractivity (Wildman–Crippen MR) is 130 cm³/mol. The van der Waals surface area contributed by atoms with Crippen LogP contribution in [0.3, 0.4) is 0 Å². The highest BCUT2D eigenvalue weighted by atomic mass is 35.5. The van der Waals surface area contributed by atoms with Crippen LogP contribution in [0.5, 0.6) is 11.5 Å². The summed E-state index contributed by atoms with van der Waals surface area (Å²) in [5.41, 5.74) is -0.456. The molecule has 0 aliphatic carbocycles. The SMILES string of the molecule is CC(=O)c1cc(Oc2ccc(NC(=O)Nc3ccc(Cl)c(C(F)(F)F)c3)cc2)ccn1.CCCC. The standard InChI is InChI=1S/C21H15ClF3N3O3.C4H10/c1-12(29)19-11-16(8-9-26-19)31-15-5-2-13(3-6-15)27-20(30)28-14-4-7-18(22)17(10-14)21(23,24)25;1-3-4-2/h2-11H,1H3,(H2,27,28,30);3-4H2,1-2H3. The fourth-order valence-electron chi connectivity index (χ4n) is 2.52. The van der Waals surface area contributed by atoms with Crippen LogP contribution in [0.25, 0.3) is 0 Å². The summed E-state index contributed by atoms with van der Waals surface area (Å²) in [7, 11) is 0. The number of nitrogens with zero attached hydrogens (tertiary/aromatic N) is 1. The van der Waals surface area contributed by atoms with Crippen LogP contribution in [0.2, 0.25) is 5.02 Å². The van der Waals surface area contributed by atoms with E-state index in [1.165, 1.54) is 38.1 Å². The third-order valence-electron chi connectivity index (χ3n) is 4.47. The van der Waals surface area contributed by atoms with Crippen molar-refractivity contribution in [1.82, 2.24) is 4.98 Å². The van der Waals surface area contributed by atoms with Gasteiger partial charge in [-0.25, -0.2) is 4.79 Å². The van der Waals surface area contributed by atoms with Crippen LogP contribution in [0.15, 0.2) is 60.8 Å². The molecular formula is C25H25ClF3N3O3. The molecule has 0 aliphatic heterocycles. The van der Waals surface area contributed by atoms with E-state index >= 15 is 0 Å². The van der Waals surface area contributed by atoms with E-state index in [9.17, 15) is 22.8 Å². The van der Waals surface area contributed by atoms with E-state index in [2.05, 4.69) is 29.5 Å². The highest BCUT2D eigenvalue weighted by Gasteiger charge is 2.33. The number of aromatic nitrogens is 1. The number of alkyl halides is 3. The van der Waals surface area contributed by atoms with Crippen LogP contribution in [0.1, 0.15) is 49.7 Å². The molecule has 2 aromatic carbocycles. The third-order valence-corrected chi connectivity index (χ3v) is 4.80. The lowest BCUT2D eigenvalue weighted by Crippen LogP contribution is -2.19. The van der Waals surface area contributed by atoms with Gasteiger partial charge < -0.3 is 15.4 Å². The fourth-order valence-corrected chi connectivity index (χ4v) is 2.75. The Kier molecular flexibility index (Phi) is 10.1. The maximum atomic E-state index is 12.9. The molecule has 0 unspecified atom stereocenters. The van der Waals surface area contributed by atoms with Gasteiger partial charge in [-0.15, -0.1) is 0 Å². The number of hydrogen-bond donors (Lipinski definition) is 2. The molecule has 0 bridgehead atoms. The molecule has 0 spiro atoms. The molecule has 6 nitrogen and oxygen atoms in total. The van der Waals surface area contributed by atoms with Gasteiger partial charge in [0.1, 0.15) is 17.2 Å².